The monoisotopic (exact) mass is 395 g/mol. The van der Waals surface area contributed by atoms with Gasteiger partial charge in [-0.2, -0.15) is 8.78 Å². The van der Waals surface area contributed by atoms with E-state index in [0.29, 0.717) is 30.2 Å². The normalized spacial score (nSPS) is 11.6. The molecular weight excluding hydrogens is 371 g/mol. The molecule has 28 heavy (non-hydrogen) atoms. The molecule has 2 N–H and O–H groups in total. The highest BCUT2D eigenvalue weighted by atomic mass is 19.3. The van der Waals surface area contributed by atoms with E-state index >= 15 is 0 Å². The molecule has 0 atom stereocenters. The highest BCUT2D eigenvalue weighted by molar-refractivity contribution is 5.79. The molecular formula is C20H24F3N3O2. The van der Waals surface area contributed by atoms with Crippen LogP contribution in [0.2, 0.25) is 0 Å². The molecule has 5 nitrogen and oxygen atoms in total. The van der Waals surface area contributed by atoms with Gasteiger partial charge in [0, 0.05) is 31.3 Å². The van der Waals surface area contributed by atoms with E-state index in [1.54, 1.807) is 30.3 Å². The number of alkyl halides is 2. The Labute approximate surface area is 162 Å². The van der Waals surface area contributed by atoms with Crippen molar-refractivity contribution in [3.63, 3.8) is 0 Å². The lowest BCUT2D eigenvalue weighted by Crippen LogP contribution is -2.36. The maximum atomic E-state index is 13.7. The molecule has 152 valence electrons. The molecule has 2 aromatic rings. The number of guanidine groups is 1. The molecule has 0 radical (unpaired) electrons. The molecule has 0 saturated carbocycles. The van der Waals surface area contributed by atoms with Gasteiger partial charge in [-0.15, -0.1) is 0 Å². The van der Waals surface area contributed by atoms with Crippen LogP contribution in [0.15, 0.2) is 47.5 Å². The van der Waals surface area contributed by atoms with Gasteiger partial charge in [-0.25, -0.2) is 9.38 Å². The summed E-state index contributed by atoms with van der Waals surface area (Å²) in [5, 5.41) is 6.17. The minimum absolute atomic E-state index is 0.114. The topological polar surface area (TPSA) is 54.9 Å². The zero-order valence-corrected chi connectivity index (χ0v) is 15.8. The van der Waals surface area contributed by atoms with Gasteiger partial charge in [-0.3, -0.25) is 0 Å². The molecule has 0 heterocycles. The number of benzene rings is 2. The number of ether oxygens (including phenoxy) is 2. The molecule has 2 aromatic carbocycles. The van der Waals surface area contributed by atoms with Crippen LogP contribution >= 0.6 is 0 Å². The summed E-state index contributed by atoms with van der Waals surface area (Å²) in [5.41, 5.74) is 1.87. The van der Waals surface area contributed by atoms with Gasteiger partial charge in [-0.05, 0) is 30.7 Å². The summed E-state index contributed by atoms with van der Waals surface area (Å²) >= 11 is 0. The third-order valence-electron chi connectivity index (χ3n) is 3.81. The number of nitrogens with one attached hydrogen (secondary N) is 2. The second kappa shape index (κ2) is 11.2. The van der Waals surface area contributed by atoms with Crippen molar-refractivity contribution in [3.05, 3.63) is 65.0 Å². The zero-order valence-electron chi connectivity index (χ0n) is 15.8. The van der Waals surface area contributed by atoms with Gasteiger partial charge in [0.15, 0.2) is 5.96 Å². The Morgan fingerprint density at radius 2 is 1.89 bits per heavy atom. The van der Waals surface area contributed by atoms with E-state index in [2.05, 4.69) is 20.4 Å². The van der Waals surface area contributed by atoms with Crippen LogP contribution in [-0.2, 0) is 24.4 Å². The number of rotatable bonds is 9. The molecule has 0 bridgehead atoms. The average molecular weight is 395 g/mol. The van der Waals surface area contributed by atoms with Crippen LogP contribution in [0.3, 0.4) is 0 Å². The minimum atomic E-state index is -2.89. The third-order valence-corrected chi connectivity index (χ3v) is 3.81. The summed E-state index contributed by atoms with van der Waals surface area (Å²) in [6.45, 7) is 0.416. The fourth-order valence-corrected chi connectivity index (χ4v) is 2.54. The standard InChI is InChI=1S/C20H24F3N3O2/c1-3-24-20(25-11-14-8-9-17(21)16(10-14)13-27-2)26-12-15-6-4-5-7-18(15)28-19(22)23/h4-10,19H,3,11-13H2,1-2H3,(H2,24,25,26). The summed E-state index contributed by atoms with van der Waals surface area (Å²) in [6.07, 6.45) is 0. The van der Waals surface area contributed by atoms with E-state index in [0.717, 1.165) is 5.56 Å². The third kappa shape index (κ3) is 6.77. The van der Waals surface area contributed by atoms with Gasteiger partial charge in [0.25, 0.3) is 0 Å². The van der Waals surface area contributed by atoms with Crippen LogP contribution in [-0.4, -0.2) is 26.2 Å². The van der Waals surface area contributed by atoms with Crippen LogP contribution in [0.25, 0.3) is 0 Å². The first-order chi connectivity index (χ1) is 13.5. The number of nitrogens with zero attached hydrogens (tertiary/aromatic N) is 1. The van der Waals surface area contributed by atoms with Crippen molar-refractivity contribution in [2.75, 3.05) is 13.7 Å². The maximum absolute atomic E-state index is 13.7. The van der Waals surface area contributed by atoms with Crippen LogP contribution < -0.4 is 15.4 Å². The smallest absolute Gasteiger partial charge is 0.387 e. The quantitative estimate of drug-likeness (QED) is 0.501. The van der Waals surface area contributed by atoms with Crippen LogP contribution in [0.1, 0.15) is 23.6 Å². The first kappa shape index (κ1) is 21.6. The molecule has 8 heteroatoms. The minimum Gasteiger partial charge on any atom is -0.434 e. The Balaban J connectivity index is 2.06. The fourth-order valence-electron chi connectivity index (χ4n) is 2.54. The molecule has 0 aromatic heterocycles. The molecule has 2 rings (SSSR count). The van der Waals surface area contributed by atoms with Crippen molar-refractivity contribution >= 4 is 5.96 Å². The number of aliphatic imine (C=N–C) groups is 1. The molecule has 0 unspecified atom stereocenters. The Kier molecular flexibility index (Phi) is 8.61. The van der Waals surface area contributed by atoms with E-state index in [-0.39, 0.29) is 24.7 Å². The molecule has 0 amide bonds. The van der Waals surface area contributed by atoms with Gasteiger partial charge >= 0.3 is 6.61 Å². The van der Waals surface area contributed by atoms with E-state index in [4.69, 9.17) is 4.74 Å². The second-order valence-corrected chi connectivity index (χ2v) is 5.89. The lowest BCUT2D eigenvalue weighted by atomic mass is 10.1. The first-order valence-corrected chi connectivity index (χ1v) is 8.84. The van der Waals surface area contributed by atoms with Crippen molar-refractivity contribution < 1.29 is 22.6 Å². The van der Waals surface area contributed by atoms with E-state index in [9.17, 15) is 13.2 Å². The Morgan fingerprint density at radius 3 is 2.61 bits per heavy atom. The van der Waals surface area contributed by atoms with Crippen molar-refractivity contribution in [2.45, 2.75) is 33.2 Å². The van der Waals surface area contributed by atoms with Crippen molar-refractivity contribution in [1.29, 1.82) is 0 Å². The summed E-state index contributed by atoms with van der Waals surface area (Å²) in [7, 11) is 1.51. The summed E-state index contributed by atoms with van der Waals surface area (Å²) < 4.78 is 48.3. The highest BCUT2D eigenvalue weighted by Crippen LogP contribution is 2.20. The van der Waals surface area contributed by atoms with Gasteiger partial charge in [0.1, 0.15) is 11.6 Å². The average Bonchev–Trinajstić information content (AvgIpc) is 2.67. The van der Waals surface area contributed by atoms with E-state index < -0.39 is 6.61 Å². The predicted octanol–water partition coefficient (Wildman–Crippen LogP) is 3.83. The molecule has 0 spiro atoms. The Morgan fingerprint density at radius 1 is 1.11 bits per heavy atom. The predicted molar refractivity (Wildman–Crippen MR) is 102 cm³/mol. The fraction of sp³-hybridized carbons (Fsp3) is 0.350. The molecule has 0 aliphatic carbocycles. The zero-order chi connectivity index (χ0) is 20.4. The number of hydrogen-bond donors (Lipinski definition) is 2. The maximum Gasteiger partial charge on any atom is 0.387 e. The largest absolute Gasteiger partial charge is 0.434 e. The Hall–Kier alpha value is -2.74. The van der Waals surface area contributed by atoms with Crippen molar-refractivity contribution in [2.24, 2.45) is 4.99 Å². The number of hydrogen-bond acceptors (Lipinski definition) is 3. The van der Waals surface area contributed by atoms with Gasteiger partial charge in [-0.1, -0.05) is 24.3 Å². The Bertz CT molecular complexity index is 785. The van der Waals surface area contributed by atoms with E-state index in [1.807, 2.05) is 6.92 Å². The van der Waals surface area contributed by atoms with Gasteiger partial charge in [0.05, 0.1) is 13.2 Å². The van der Waals surface area contributed by atoms with E-state index in [1.165, 1.54) is 19.2 Å². The SMILES string of the molecule is CCNC(=NCc1ccc(F)c(COC)c1)NCc1ccccc1OC(F)F. The lowest BCUT2D eigenvalue weighted by molar-refractivity contribution is -0.0504. The van der Waals surface area contributed by atoms with Gasteiger partial charge in [0.2, 0.25) is 0 Å². The number of para-hydroxylation sites is 1. The first-order valence-electron chi connectivity index (χ1n) is 8.84. The number of methoxy groups -OCH3 is 1. The number of halogens is 3. The highest BCUT2D eigenvalue weighted by Gasteiger charge is 2.09. The van der Waals surface area contributed by atoms with Crippen LogP contribution in [0, 0.1) is 5.82 Å². The lowest BCUT2D eigenvalue weighted by Gasteiger charge is -2.14. The van der Waals surface area contributed by atoms with Crippen molar-refractivity contribution in [3.8, 4) is 5.75 Å². The molecule has 0 aliphatic rings. The second-order valence-electron chi connectivity index (χ2n) is 5.89. The van der Waals surface area contributed by atoms with Gasteiger partial charge < -0.3 is 20.1 Å². The summed E-state index contributed by atoms with van der Waals surface area (Å²) in [4.78, 5) is 4.46. The summed E-state index contributed by atoms with van der Waals surface area (Å²) in [5.74, 6) is 0.297. The van der Waals surface area contributed by atoms with Crippen molar-refractivity contribution in [1.82, 2.24) is 10.6 Å². The van der Waals surface area contributed by atoms with Crippen LogP contribution in [0.4, 0.5) is 13.2 Å². The molecule has 0 saturated heterocycles. The molecule has 0 aliphatic heterocycles. The summed E-state index contributed by atoms with van der Waals surface area (Å²) in [6, 6.07) is 11.3. The van der Waals surface area contributed by atoms with Crippen LogP contribution in [0.5, 0.6) is 5.75 Å². The molecule has 0 fully saturated rings.